The first-order valence-corrected chi connectivity index (χ1v) is 15.0. The molecule has 0 fully saturated rings. The average molecular weight is 573 g/mol. The fourth-order valence-corrected chi connectivity index (χ4v) is 5.31. The maximum absolute atomic E-state index is 13.3. The van der Waals surface area contributed by atoms with Crippen molar-refractivity contribution >= 4 is 16.1 Å². The van der Waals surface area contributed by atoms with E-state index in [-0.39, 0.29) is 23.9 Å². The van der Waals surface area contributed by atoms with E-state index in [0.717, 1.165) is 35.1 Å². The summed E-state index contributed by atoms with van der Waals surface area (Å²) in [6, 6.07) is 17.1. The number of unbranched alkanes of at least 4 members (excludes halogenated alkanes) is 1. The minimum absolute atomic E-state index is 0.0476. The number of rotatable bonds is 16. The zero-order valence-electron chi connectivity index (χ0n) is 23.2. The molecule has 3 rings (SSSR count). The van der Waals surface area contributed by atoms with Gasteiger partial charge < -0.3 is 18.8 Å². The predicted octanol–water partition coefficient (Wildman–Crippen LogP) is 6.36. The Balaban J connectivity index is 1.70. The third-order valence-corrected chi connectivity index (χ3v) is 7.73. The second-order valence-corrected chi connectivity index (χ2v) is 11.5. The van der Waals surface area contributed by atoms with Gasteiger partial charge in [0.25, 0.3) is 0 Å². The predicted molar refractivity (Wildman–Crippen MR) is 152 cm³/mol. The molecule has 9 heteroatoms. The van der Waals surface area contributed by atoms with Gasteiger partial charge in [0.1, 0.15) is 18.2 Å². The molecule has 1 atom stereocenters. The van der Waals surface area contributed by atoms with Crippen molar-refractivity contribution < 1.29 is 36.4 Å². The SMILES string of the molecule is CCCCS(=O)(=O)Oc1ccc(CCCc2ccc(CC(C)C(=O)O)cc2OCc2ccc(F)cc2)cc1OC. The minimum Gasteiger partial charge on any atom is -0.493 e. The Kier molecular flexibility index (Phi) is 11.4. The standard InChI is InChI=1S/C31H37FO7S/c1-4-5-17-40(35,36)39-28-16-12-23(19-30(28)37-3)7-6-8-26-13-9-25(18-22(2)31(33)34)20-29(26)38-21-24-10-14-27(32)15-11-24/h9-16,19-20,22H,4-8,17-18,21H2,1-3H3,(H,33,34). The molecule has 0 amide bonds. The highest BCUT2D eigenvalue weighted by atomic mass is 32.2. The summed E-state index contributed by atoms with van der Waals surface area (Å²) >= 11 is 0. The van der Waals surface area contributed by atoms with Crippen LogP contribution in [0.25, 0.3) is 0 Å². The van der Waals surface area contributed by atoms with Crippen LogP contribution in [-0.4, -0.2) is 32.4 Å². The van der Waals surface area contributed by atoms with Gasteiger partial charge in [-0.2, -0.15) is 8.42 Å². The number of carbonyl (C=O) groups is 1. The van der Waals surface area contributed by atoms with Gasteiger partial charge in [-0.15, -0.1) is 0 Å². The van der Waals surface area contributed by atoms with E-state index in [1.165, 1.54) is 19.2 Å². The number of hydrogen-bond acceptors (Lipinski definition) is 6. The number of carboxylic acids is 1. The fraction of sp³-hybridized carbons (Fsp3) is 0.387. The molecule has 0 saturated heterocycles. The van der Waals surface area contributed by atoms with E-state index in [1.807, 2.05) is 31.2 Å². The van der Waals surface area contributed by atoms with Gasteiger partial charge in [0.2, 0.25) is 0 Å². The van der Waals surface area contributed by atoms with Crippen molar-refractivity contribution in [1.82, 2.24) is 0 Å². The summed E-state index contributed by atoms with van der Waals surface area (Å²) < 4.78 is 54.5. The van der Waals surface area contributed by atoms with Crippen LogP contribution in [0.4, 0.5) is 4.39 Å². The molecule has 0 bridgehead atoms. The number of hydrogen-bond donors (Lipinski definition) is 1. The van der Waals surface area contributed by atoms with Crippen molar-refractivity contribution in [1.29, 1.82) is 0 Å². The topological polar surface area (TPSA) is 99.1 Å². The smallest absolute Gasteiger partial charge is 0.309 e. The van der Waals surface area contributed by atoms with E-state index < -0.39 is 22.0 Å². The van der Waals surface area contributed by atoms with Crippen molar-refractivity contribution in [3.8, 4) is 17.2 Å². The lowest BCUT2D eigenvalue weighted by atomic mass is 9.97. The van der Waals surface area contributed by atoms with Crippen LogP contribution < -0.4 is 13.7 Å². The van der Waals surface area contributed by atoms with Crippen molar-refractivity contribution in [2.75, 3.05) is 12.9 Å². The van der Waals surface area contributed by atoms with Crippen LogP contribution in [0.3, 0.4) is 0 Å². The summed E-state index contributed by atoms with van der Waals surface area (Å²) in [5.41, 5.74) is 3.63. The minimum atomic E-state index is -3.69. The maximum atomic E-state index is 13.3. The molecular weight excluding hydrogens is 535 g/mol. The molecule has 0 heterocycles. The van der Waals surface area contributed by atoms with Gasteiger partial charge in [-0.1, -0.05) is 50.6 Å². The third-order valence-electron chi connectivity index (χ3n) is 6.51. The Labute approximate surface area is 236 Å². The first kappa shape index (κ1) is 30.9. The number of aliphatic carboxylic acids is 1. The average Bonchev–Trinajstić information content (AvgIpc) is 2.93. The second kappa shape index (κ2) is 14.7. The lowest BCUT2D eigenvalue weighted by Crippen LogP contribution is -2.14. The van der Waals surface area contributed by atoms with Crippen LogP contribution in [0.1, 0.15) is 55.4 Å². The molecule has 7 nitrogen and oxygen atoms in total. The Morgan fingerprint density at radius 3 is 2.25 bits per heavy atom. The molecule has 0 aliphatic carbocycles. The van der Waals surface area contributed by atoms with Gasteiger partial charge in [0.15, 0.2) is 11.5 Å². The summed E-state index contributed by atoms with van der Waals surface area (Å²) in [6.07, 6.45) is 3.83. The maximum Gasteiger partial charge on any atom is 0.309 e. The van der Waals surface area contributed by atoms with Crippen LogP contribution in [0.5, 0.6) is 17.2 Å². The number of methoxy groups -OCH3 is 1. The first-order valence-electron chi connectivity index (χ1n) is 13.4. The molecule has 1 N–H and O–H groups in total. The first-order chi connectivity index (χ1) is 19.1. The largest absolute Gasteiger partial charge is 0.493 e. The van der Waals surface area contributed by atoms with Crippen LogP contribution in [0.15, 0.2) is 60.7 Å². The molecule has 3 aromatic carbocycles. The number of carboxylic acid groups (broad SMARTS) is 1. The van der Waals surface area contributed by atoms with Crippen molar-refractivity contribution in [2.24, 2.45) is 5.92 Å². The summed E-state index contributed by atoms with van der Waals surface area (Å²) in [5, 5.41) is 9.30. The molecule has 0 aliphatic heterocycles. The Bertz CT molecular complexity index is 1370. The molecule has 0 radical (unpaired) electrons. The quantitative estimate of drug-likeness (QED) is 0.199. The van der Waals surface area contributed by atoms with Gasteiger partial charge in [-0.25, -0.2) is 4.39 Å². The van der Waals surface area contributed by atoms with Gasteiger partial charge in [0.05, 0.1) is 18.8 Å². The van der Waals surface area contributed by atoms with Crippen LogP contribution >= 0.6 is 0 Å². The van der Waals surface area contributed by atoms with Crippen molar-refractivity contribution in [2.45, 2.75) is 59.0 Å². The number of ether oxygens (including phenoxy) is 2. The summed E-state index contributed by atoms with van der Waals surface area (Å²) in [4.78, 5) is 11.3. The van der Waals surface area contributed by atoms with Gasteiger partial charge in [-0.05, 0) is 84.7 Å². The lowest BCUT2D eigenvalue weighted by Gasteiger charge is -2.15. The fourth-order valence-electron chi connectivity index (χ4n) is 4.17. The number of benzene rings is 3. The Morgan fingerprint density at radius 1 is 0.900 bits per heavy atom. The summed E-state index contributed by atoms with van der Waals surface area (Å²) in [7, 11) is -2.21. The van der Waals surface area contributed by atoms with E-state index in [2.05, 4.69) is 0 Å². The highest BCUT2D eigenvalue weighted by Gasteiger charge is 2.17. The van der Waals surface area contributed by atoms with Crippen molar-refractivity contribution in [3.63, 3.8) is 0 Å². The Morgan fingerprint density at radius 2 is 1.57 bits per heavy atom. The molecule has 40 heavy (non-hydrogen) atoms. The van der Waals surface area contributed by atoms with E-state index in [9.17, 15) is 22.7 Å². The number of aryl methyl sites for hydroxylation is 2. The summed E-state index contributed by atoms with van der Waals surface area (Å²) in [5.74, 6) is -0.555. The zero-order chi connectivity index (χ0) is 29.1. The van der Waals surface area contributed by atoms with Crippen LogP contribution in [-0.2, 0) is 40.8 Å². The van der Waals surface area contributed by atoms with E-state index in [0.29, 0.717) is 37.2 Å². The molecule has 3 aromatic rings. The normalized spacial score (nSPS) is 12.1. The Hall–Kier alpha value is -3.59. The zero-order valence-corrected chi connectivity index (χ0v) is 24.0. The molecule has 216 valence electrons. The lowest BCUT2D eigenvalue weighted by molar-refractivity contribution is -0.141. The molecule has 0 saturated carbocycles. The van der Waals surface area contributed by atoms with Crippen LogP contribution in [0, 0.1) is 11.7 Å². The van der Waals surface area contributed by atoms with Gasteiger partial charge >= 0.3 is 16.1 Å². The number of halogens is 1. The van der Waals surface area contributed by atoms with Gasteiger partial charge in [-0.3, -0.25) is 4.79 Å². The molecule has 0 aromatic heterocycles. The van der Waals surface area contributed by atoms with Crippen molar-refractivity contribution in [3.05, 3.63) is 88.7 Å². The highest BCUT2D eigenvalue weighted by molar-refractivity contribution is 7.87. The van der Waals surface area contributed by atoms with Gasteiger partial charge in [0, 0.05) is 0 Å². The third kappa shape index (κ3) is 9.55. The molecule has 1 unspecified atom stereocenters. The molecule has 0 spiro atoms. The second-order valence-electron chi connectivity index (χ2n) is 9.84. The molecule has 0 aliphatic rings. The van der Waals surface area contributed by atoms with E-state index >= 15 is 0 Å². The highest BCUT2D eigenvalue weighted by Crippen LogP contribution is 2.31. The molecular formula is C31H37FO7S. The summed E-state index contributed by atoms with van der Waals surface area (Å²) in [6.45, 7) is 3.84. The van der Waals surface area contributed by atoms with E-state index in [4.69, 9.17) is 13.7 Å². The van der Waals surface area contributed by atoms with E-state index in [1.54, 1.807) is 31.2 Å². The monoisotopic (exact) mass is 572 g/mol. The van der Waals surface area contributed by atoms with Crippen LogP contribution in [0.2, 0.25) is 0 Å².